The number of amidine groups is 1. The maximum Gasteiger partial charge on any atom is 0.184 e. The van der Waals surface area contributed by atoms with Gasteiger partial charge < -0.3 is 61.5 Å². The zero-order valence-electron chi connectivity index (χ0n) is 23.4. The zero-order valence-corrected chi connectivity index (χ0v) is 23.4. The van der Waals surface area contributed by atoms with Gasteiger partial charge in [-0.3, -0.25) is 5.41 Å². The molecule has 0 radical (unpaired) electrons. The van der Waals surface area contributed by atoms with E-state index >= 15 is 0 Å². The van der Waals surface area contributed by atoms with Crippen LogP contribution in [0.1, 0.15) is 52.4 Å². The van der Waals surface area contributed by atoms with Crippen molar-refractivity contribution in [1.29, 1.82) is 5.41 Å². The highest BCUT2D eigenvalue weighted by Gasteiger charge is 2.52. The third kappa shape index (κ3) is 6.94. The lowest BCUT2D eigenvalue weighted by atomic mass is 9.78. The first-order chi connectivity index (χ1) is 18.9. The number of rotatable bonds is 10. The van der Waals surface area contributed by atoms with Gasteiger partial charge in [0.15, 0.2) is 12.6 Å². The fraction of sp³-hybridized carbons (Fsp3) is 0.962. The molecule has 4 aliphatic rings. The van der Waals surface area contributed by atoms with E-state index in [0.717, 1.165) is 6.42 Å². The number of hydrogen-bond donors (Lipinski definition) is 9. The lowest BCUT2D eigenvalue weighted by Gasteiger charge is -2.49. The standard InChI is InChI=1S/C26H48FN5O8/c1-13-18(33)23(37-12-25(13,2)35)40-21-17(32-24(30)26(36)6-3-7-26)10-16(29)20(19(21)34)39-22-15(28)5-4-14(38-22)11-31-9-8-27/h13-23,31,33-36H,3-12,28-29H2,1-2H3,(H2,30,32)/t13-,14+,15?,16+,17-,18?,19?,20?,21?,22-,23-,25?/m1/s1. The molecule has 0 amide bonds. The van der Waals surface area contributed by atoms with Crippen LogP contribution in [0.15, 0.2) is 0 Å². The fourth-order valence-corrected chi connectivity index (χ4v) is 5.82. The van der Waals surface area contributed by atoms with Crippen LogP contribution < -0.4 is 22.1 Å². The lowest BCUT2D eigenvalue weighted by Crippen LogP contribution is -2.68. The minimum atomic E-state index is -1.35. The topological polar surface area (TPSA) is 218 Å². The zero-order chi connectivity index (χ0) is 29.2. The largest absolute Gasteiger partial charge is 0.388 e. The SMILES string of the molecule is C[C@@H]1C(O)[C@@H](OC2C(O)C(O[C@H]3O[C@H](CNCCF)CCC3N)[C@@H](N)C[C@H]2NC(=N)C2(O)CCC2)OCC1(C)O. The minimum Gasteiger partial charge on any atom is -0.388 e. The van der Waals surface area contributed by atoms with Crippen LogP contribution in [0, 0.1) is 11.3 Å². The van der Waals surface area contributed by atoms with Gasteiger partial charge in [0.1, 0.15) is 42.5 Å². The highest BCUT2D eigenvalue weighted by molar-refractivity contribution is 5.88. The second-order valence-corrected chi connectivity index (χ2v) is 12.2. The minimum absolute atomic E-state index is 0.0845. The van der Waals surface area contributed by atoms with Gasteiger partial charge in [0.2, 0.25) is 0 Å². The summed E-state index contributed by atoms with van der Waals surface area (Å²) in [4.78, 5) is 0. The lowest BCUT2D eigenvalue weighted by molar-refractivity contribution is -0.313. The molecule has 2 heterocycles. The predicted molar refractivity (Wildman–Crippen MR) is 142 cm³/mol. The van der Waals surface area contributed by atoms with Crippen LogP contribution in [0.3, 0.4) is 0 Å². The van der Waals surface area contributed by atoms with Gasteiger partial charge in [0.25, 0.3) is 0 Å². The Hall–Kier alpha value is -1.04. The molecule has 0 aromatic heterocycles. The van der Waals surface area contributed by atoms with Crippen molar-refractivity contribution in [2.24, 2.45) is 17.4 Å². The third-order valence-electron chi connectivity index (χ3n) is 9.03. The van der Waals surface area contributed by atoms with Gasteiger partial charge in [-0.15, -0.1) is 0 Å². The van der Waals surface area contributed by atoms with E-state index in [1.165, 1.54) is 0 Å². The maximum atomic E-state index is 12.5. The first-order valence-corrected chi connectivity index (χ1v) is 14.4. The molecule has 6 unspecified atom stereocenters. The Morgan fingerprint density at radius 1 is 1.07 bits per heavy atom. The number of alkyl halides is 1. The quantitative estimate of drug-likeness (QED) is 0.0798. The molecule has 2 aliphatic heterocycles. The van der Waals surface area contributed by atoms with Gasteiger partial charge in [0.05, 0.1) is 30.4 Å². The Morgan fingerprint density at radius 2 is 1.77 bits per heavy atom. The van der Waals surface area contributed by atoms with Crippen molar-refractivity contribution in [2.45, 2.75) is 125 Å². The first kappa shape index (κ1) is 31.9. The van der Waals surface area contributed by atoms with Crippen LogP contribution >= 0.6 is 0 Å². The van der Waals surface area contributed by atoms with Gasteiger partial charge in [0, 0.05) is 25.0 Å². The van der Waals surface area contributed by atoms with Gasteiger partial charge in [-0.2, -0.15) is 0 Å². The molecule has 0 aromatic rings. The van der Waals surface area contributed by atoms with E-state index in [9.17, 15) is 24.8 Å². The van der Waals surface area contributed by atoms with E-state index < -0.39 is 78.9 Å². The number of aliphatic hydroxyl groups excluding tert-OH is 2. The van der Waals surface area contributed by atoms with Crippen LogP contribution in [0.4, 0.5) is 4.39 Å². The van der Waals surface area contributed by atoms with Crippen LogP contribution in [-0.2, 0) is 18.9 Å². The van der Waals surface area contributed by atoms with E-state index in [4.69, 9.17) is 35.8 Å². The summed E-state index contributed by atoms with van der Waals surface area (Å²) in [5.41, 5.74) is 10.2. The average Bonchev–Trinajstić information content (AvgIpc) is 2.89. The summed E-state index contributed by atoms with van der Waals surface area (Å²) in [7, 11) is 0. The molecule has 2 aliphatic carbocycles. The highest BCUT2D eigenvalue weighted by Crippen LogP contribution is 2.36. The number of nitrogens with one attached hydrogen (secondary N) is 3. The molecule has 0 aromatic carbocycles. The Morgan fingerprint density at radius 3 is 2.42 bits per heavy atom. The van der Waals surface area contributed by atoms with Crippen molar-refractivity contribution in [3.8, 4) is 0 Å². The molecule has 0 bridgehead atoms. The average molecular weight is 578 g/mol. The van der Waals surface area contributed by atoms with E-state index in [-0.39, 0.29) is 31.5 Å². The Balaban J connectivity index is 1.49. The van der Waals surface area contributed by atoms with Gasteiger partial charge >= 0.3 is 0 Å². The van der Waals surface area contributed by atoms with Crippen molar-refractivity contribution in [3.63, 3.8) is 0 Å². The first-order valence-electron chi connectivity index (χ1n) is 14.4. The summed E-state index contributed by atoms with van der Waals surface area (Å²) in [6.07, 6.45) is -3.71. The van der Waals surface area contributed by atoms with Crippen molar-refractivity contribution < 1.29 is 43.8 Å². The van der Waals surface area contributed by atoms with Crippen molar-refractivity contribution in [2.75, 3.05) is 26.4 Å². The number of hydrogen-bond acceptors (Lipinski definition) is 12. The van der Waals surface area contributed by atoms with Crippen molar-refractivity contribution in [3.05, 3.63) is 0 Å². The van der Waals surface area contributed by atoms with E-state index in [1.807, 2.05) is 0 Å². The summed E-state index contributed by atoms with van der Waals surface area (Å²) in [6, 6.07) is -1.90. The summed E-state index contributed by atoms with van der Waals surface area (Å²) in [5, 5.41) is 58.1. The van der Waals surface area contributed by atoms with Gasteiger partial charge in [-0.1, -0.05) is 6.92 Å². The van der Waals surface area contributed by atoms with Gasteiger partial charge in [-0.25, -0.2) is 4.39 Å². The van der Waals surface area contributed by atoms with Crippen LogP contribution in [0.2, 0.25) is 0 Å². The summed E-state index contributed by atoms with van der Waals surface area (Å²) in [6.45, 7) is 3.31. The molecule has 4 fully saturated rings. The molecule has 0 spiro atoms. The monoisotopic (exact) mass is 577 g/mol. The molecule has 11 N–H and O–H groups in total. The molecule has 14 heteroatoms. The van der Waals surface area contributed by atoms with E-state index in [0.29, 0.717) is 32.2 Å². The molecule has 232 valence electrons. The number of halogens is 1. The number of ether oxygens (including phenoxy) is 4. The molecule has 12 atom stereocenters. The maximum absolute atomic E-state index is 12.5. The molecule has 2 saturated carbocycles. The Labute approximate surface area is 234 Å². The summed E-state index contributed by atoms with van der Waals surface area (Å²) >= 11 is 0. The molecule has 4 rings (SSSR count). The normalized spacial score (nSPS) is 45.5. The molecule has 13 nitrogen and oxygen atoms in total. The number of nitrogens with two attached hydrogens (primary N) is 2. The molecular weight excluding hydrogens is 529 g/mol. The Kier molecular flexibility index (Phi) is 10.4. The summed E-state index contributed by atoms with van der Waals surface area (Å²) < 4.78 is 36.5. The van der Waals surface area contributed by atoms with Crippen LogP contribution in [0.25, 0.3) is 0 Å². The van der Waals surface area contributed by atoms with Crippen LogP contribution in [0.5, 0.6) is 0 Å². The van der Waals surface area contributed by atoms with Crippen LogP contribution in [-0.4, -0.2) is 125 Å². The second kappa shape index (κ2) is 13.1. The highest BCUT2D eigenvalue weighted by atomic mass is 19.1. The number of aliphatic hydroxyl groups is 4. The van der Waals surface area contributed by atoms with Gasteiger partial charge in [-0.05, 0) is 45.4 Å². The molecular formula is C26H48FN5O8. The fourth-order valence-electron chi connectivity index (χ4n) is 5.82. The predicted octanol–water partition coefficient (Wildman–Crippen LogP) is -1.81. The third-order valence-corrected chi connectivity index (χ3v) is 9.03. The second-order valence-electron chi connectivity index (χ2n) is 12.2. The summed E-state index contributed by atoms with van der Waals surface area (Å²) in [5.74, 6) is -0.669. The molecule has 40 heavy (non-hydrogen) atoms. The molecule has 2 saturated heterocycles. The smallest absolute Gasteiger partial charge is 0.184 e. The van der Waals surface area contributed by atoms with E-state index in [1.54, 1.807) is 13.8 Å². The van der Waals surface area contributed by atoms with Crippen molar-refractivity contribution in [1.82, 2.24) is 10.6 Å². The Bertz CT molecular complexity index is 854. The van der Waals surface area contributed by atoms with E-state index in [2.05, 4.69) is 10.6 Å². The van der Waals surface area contributed by atoms with Crippen molar-refractivity contribution >= 4 is 5.84 Å².